The first-order valence-corrected chi connectivity index (χ1v) is 7.29. The van der Waals surface area contributed by atoms with Crippen molar-refractivity contribution >= 4 is 5.69 Å². The fourth-order valence-corrected chi connectivity index (χ4v) is 2.89. The molecular weight excluding hydrogens is 293 g/mol. The Morgan fingerprint density at radius 2 is 2.14 bits per heavy atom. The second kappa shape index (κ2) is 6.17. The Labute approximate surface area is 127 Å². The molecule has 6 heteroatoms. The fraction of sp³-hybridized carbons (Fsp3) is 0.562. The van der Waals surface area contributed by atoms with Gasteiger partial charge < -0.3 is 10.4 Å². The van der Waals surface area contributed by atoms with Crippen LogP contribution in [0, 0.1) is 16.7 Å². The van der Waals surface area contributed by atoms with Gasteiger partial charge in [0.1, 0.15) is 0 Å². The predicted molar refractivity (Wildman–Crippen MR) is 77.2 cm³/mol. The van der Waals surface area contributed by atoms with Gasteiger partial charge in [0.05, 0.1) is 23.3 Å². The van der Waals surface area contributed by atoms with E-state index < -0.39 is 23.3 Å². The third-order valence-electron chi connectivity index (χ3n) is 4.42. The molecule has 1 saturated carbocycles. The maximum Gasteiger partial charge on any atom is 0.418 e. The number of alkyl halides is 3. The standard InChI is InChI=1S/C16H19F3N2O/c1-15(7-3-2-4-14(15)22)10-21-13-8-11(9-20)5-6-12(13)16(17,18)19/h5-6,8,14,21-22H,2-4,7,10H2,1H3. The van der Waals surface area contributed by atoms with E-state index in [0.717, 1.165) is 31.4 Å². The first kappa shape index (κ1) is 16.6. The zero-order chi connectivity index (χ0) is 16.4. The summed E-state index contributed by atoms with van der Waals surface area (Å²) in [6.07, 6.45) is -1.68. The normalized spacial score (nSPS) is 25.5. The molecule has 1 aliphatic rings. The Morgan fingerprint density at radius 1 is 1.41 bits per heavy atom. The largest absolute Gasteiger partial charge is 0.418 e. The summed E-state index contributed by atoms with van der Waals surface area (Å²) in [6, 6.07) is 5.13. The van der Waals surface area contributed by atoms with Crippen molar-refractivity contribution < 1.29 is 18.3 Å². The quantitative estimate of drug-likeness (QED) is 0.889. The van der Waals surface area contributed by atoms with Gasteiger partial charge in [-0.3, -0.25) is 0 Å². The average molecular weight is 312 g/mol. The van der Waals surface area contributed by atoms with Gasteiger partial charge in [-0.05, 0) is 31.0 Å². The highest BCUT2D eigenvalue weighted by atomic mass is 19.4. The predicted octanol–water partition coefficient (Wildman–Crippen LogP) is 3.93. The lowest BCUT2D eigenvalue weighted by Gasteiger charge is -2.39. The van der Waals surface area contributed by atoms with Crippen LogP contribution in [0.25, 0.3) is 0 Å². The molecule has 2 N–H and O–H groups in total. The lowest BCUT2D eigenvalue weighted by atomic mass is 9.73. The highest BCUT2D eigenvalue weighted by Gasteiger charge is 2.37. The van der Waals surface area contributed by atoms with Crippen LogP contribution in [0.15, 0.2) is 18.2 Å². The Kier molecular flexibility index (Phi) is 4.66. The van der Waals surface area contributed by atoms with Crippen LogP contribution in [-0.2, 0) is 6.18 Å². The van der Waals surface area contributed by atoms with Crippen molar-refractivity contribution in [3.05, 3.63) is 29.3 Å². The summed E-state index contributed by atoms with van der Waals surface area (Å²) in [7, 11) is 0. The van der Waals surface area contributed by atoms with E-state index in [0.29, 0.717) is 6.42 Å². The summed E-state index contributed by atoms with van der Waals surface area (Å²) in [4.78, 5) is 0. The number of nitriles is 1. The Bertz CT molecular complexity index is 580. The van der Waals surface area contributed by atoms with E-state index >= 15 is 0 Å². The lowest BCUT2D eigenvalue weighted by Crippen LogP contribution is -2.41. The minimum atomic E-state index is -4.48. The van der Waals surface area contributed by atoms with Gasteiger partial charge in [0, 0.05) is 17.6 Å². The number of anilines is 1. The van der Waals surface area contributed by atoms with Crippen molar-refractivity contribution in [2.75, 3.05) is 11.9 Å². The van der Waals surface area contributed by atoms with Crippen molar-refractivity contribution in [3.63, 3.8) is 0 Å². The van der Waals surface area contributed by atoms with Crippen LogP contribution in [0.1, 0.15) is 43.7 Å². The second-order valence-corrected chi connectivity index (χ2v) is 6.14. The number of halogens is 3. The van der Waals surface area contributed by atoms with Crippen LogP contribution in [-0.4, -0.2) is 17.8 Å². The summed E-state index contributed by atoms with van der Waals surface area (Å²) >= 11 is 0. The first-order chi connectivity index (χ1) is 10.3. The number of hydrogen-bond acceptors (Lipinski definition) is 3. The van der Waals surface area contributed by atoms with Gasteiger partial charge >= 0.3 is 6.18 Å². The molecule has 0 aliphatic heterocycles. The Balaban J connectivity index is 2.23. The summed E-state index contributed by atoms with van der Waals surface area (Å²) in [5, 5.41) is 21.8. The number of benzene rings is 1. The Morgan fingerprint density at radius 3 is 2.73 bits per heavy atom. The molecule has 22 heavy (non-hydrogen) atoms. The summed E-state index contributed by atoms with van der Waals surface area (Å²) < 4.78 is 39.1. The second-order valence-electron chi connectivity index (χ2n) is 6.14. The fourth-order valence-electron chi connectivity index (χ4n) is 2.89. The first-order valence-electron chi connectivity index (χ1n) is 7.29. The maximum absolute atomic E-state index is 13.0. The maximum atomic E-state index is 13.0. The van der Waals surface area contributed by atoms with E-state index in [9.17, 15) is 18.3 Å². The van der Waals surface area contributed by atoms with Gasteiger partial charge in [-0.15, -0.1) is 0 Å². The van der Waals surface area contributed by atoms with E-state index in [4.69, 9.17) is 5.26 Å². The lowest BCUT2D eigenvalue weighted by molar-refractivity contribution is -0.137. The molecule has 1 aromatic rings. The summed E-state index contributed by atoms with van der Waals surface area (Å²) in [5.41, 5.74) is -1.18. The van der Waals surface area contributed by atoms with Crippen LogP contribution in [0.4, 0.5) is 18.9 Å². The van der Waals surface area contributed by atoms with E-state index in [1.165, 1.54) is 6.07 Å². The SMILES string of the molecule is CC1(CNc2cc(C#N)ccc2C(F)(F)F)CCCCC1O. The van der Waals surface area contributed by atoms with Gasteiger partial charge in [-0.1, -0.05) is 19.8 Å². The molecule has 0 amide bonds. The highest BCUT2D eigenvalue weighted by molar-refractivity contribution is 5.57. The summed E-state index contributed by atoms with van der Waals surface area (Å²) in [6.45, 7) is 2.12. The third kappa shape index (κ3) is 3.53. The van der Waals surface area contributed by atoms with Gasteiger partial charge in [-0.2, -0.15) is 18.4 Å². The number of rotatable bonds is 3. The number of aliphatic hydroxyl groups is 1. The van der Waals surface area contributed by atoms with Crippen LogP contribution in [0.3, 0.4) is 0 Å². The highest BCUT2D eigenvalue weighted by Crippen LogP contribution is 2.39. The van der Waals surface area contributed by atoms with Crippen LogP contribution >= 0.6 is 0 Å². The van der Waals surface area contributed by atoms with Crippen LogP contribution in [0.5, 0.6) is 0 Å². The van der Waals surface area contributed by atoms with Gasteiger partial charge in [0.2, 0.25) is 0 Å². The minimum Gasteiger partial charge on any atom is -0.392 e. The number of nitrogens with one attached hydrogen (secondary N) is 1. The molecule has 2 rings (SSSR count). The average Bonchev–Trinajstić information content (AvgIpc) is 2.47. The molecule has 1 aromatic carbocycles. The molecule has 2 atom stereocenters. The number of hydrogen-bond donors (Lipinski definition) is 2. The molecule has 120 valence electrons. The van der Waals surface area contributed by atoms with E-state index in [-0.39, 0.29) is 17.8 Å². The van der Waals surface area contributed by atoms with E-state index in [1.807, 2.05) is 13.0 Å². The van der Waals surface area contributed by atoms with Crippen molar-refractivity contribution in [1.29, 1.82) is 5.26 Å². The van der Waals surface area contributed by atoms with Crippen LogP contribution in [0.2, 0.25) is 0 Å². The molecule has 0 aromatic heterocycles. The van der Waals surface area contributed by atoms with Gasteiger partial charge in [-0.25, -0.2) is 0 Å². The van der Waals surface area contributed by atoms with Crippen molar-refractivity contribution in [1.82, 2.24) is 0 Å². The smallest absolute Gasteiger partial charge is 0.392 e. The molecule has 3 nitrogen and oxygen atoms in total. The van der Waals surface area contributed by atoms with Gasteiger partial charge in [0.25, 0.3) is 0 Å². The number of nitrogens with zero attached hydrogens (tertiary/aromatic N) is 1. The molecule has 2 unspecified atom stereocenters. The molecule has 0 heterocycles. The van der Waals surface area contributed by atoms with Crippen LogP contribution < -0.4 is 5.32 Å². The van der Waals surface area contributed by atoms with Crippen molar-refractivity contribution in [2.24, 2.45) is 5.41 Å². The number of aliphatic hydroxyl groups excluding tert-OH is 1. The summed E-state index contributed by atoms with van der Waals surface area (Å²) in [5.74, 6) is 0. The zero-order valence-corrected chi connectivity index (χ0v) is 12.4. The van der Waals surface area contributed by atoms with Gasteiger partial charge in [0.15, 0.2) is 0 Å². The minimum absolute atomic E-state index is 0.106. The molecule has 1 aliphatic carbocycles. The monoisotopic (exact) mass is 312 g/mol. The molecule has 0 radical (unpaired) electrons. The molecule has 0 bridgehead atoms. The van der Waals surface area contributed by atoms with Crippen molar-refractivity contribution in [3.8, 4) is 6.07 Å². The Hall–Kier alpha value is -1.74. The third-order valence-corrected chi connectivity index (χ3v) is 4.42. The molecular formula is C16H19F3N2O. The topological polar surface area (TPSA) is 56.0 Å². The molecule has 0 saturated heterocycles. The zero-order valence-electron chi connectivity index (χ0n) is 12.4. The van der Waals surface area contributed by atoms with E-state index in [1.54, 1.807) is 0 Å². The molecule has 0 spiro atoms. The molecule has 1 fully saturated rings. The van der Waals surface area contributed by atoms with E-state index in [2.05, 4.69) is 5.32 Å². The van der Waals surface area contributed by atoms with Crippen molar-refractivity contribution in [2.45, 2.75) is 44.9 Å².